The lowest BCUT2D eigenvalue weighted by molar-refractivity contribution is 0.0516. The minimum Gasteiger partial charge on any atom is -0.491 e. The Labute approximate surface area is 143 Å². The Kier molecular flexibility index (Phi) is 5.74. The molecular formula is C20H23NO3. The molecule has 2 aromatic rings. The first-order valence-electron chi connectivity index (χ1n) is 7.97. The molecule has 0 aliphatic heterocycles. The van der Waals surface area contributed by atoms with Gasteiger partial charge in [-0.05, 0) is 81.6 Å². The zero-order valence-corrected chi connectivity index (χ0v) is 14.8. The van der Waals surface area contributed by atoms with Crippen LogP contribution in [0.15, 0.2) is 47.6 Å². The first kappa shape index (κ1) is 17.7. The highest BCUT2D eigenvalue weighted by Crippen LogP contribution is 2.15. The maximum absolute atomic E-state index is 12.1. The minimum absolute atomic E-state index is 0.0908. The third-order valence-electron chi connectivity index (χ3n) is 3.65. The monoisotopic (exact) mass is 325 g/mol. The Bertz CT molecular complexity index is 746. The van der Waals surface area contributed by atoms with Crippen LogP contribution in [0, 0.1) is 13.8 Å². The van der Waals surface area contributed by atoms with Gasteiger partial charge >= 0.3 is 5.97 Å². The molecule has 24 heavy (non-hydrogen) atoms. The van der Waals surface area contributed by atoms with Crippen molar-refractivity contribution in [3.05, 3.63) is 64.7 Å². The predicted octanol–water partition coefficient (Wildman–Crippen LogP) is 4.67. The van der Waals surface area contributed by atoms with Crippen molar-refractivity contribution in [2.45, 2.75) is 40.7 Å². The number of hydrogen-bond acceptors (Lipinski definition) is 4. The highest BCUT2D eigenvalue weighted by atomic mass is 16.7. The lowest BCUT2D eigenvalue weighted by atomic mass is 10.0. The van der Waals surface area contributed by atoms with Gasteiger partial charge in [0.15, 0.2) is 0 Å². The molecule has 2 rings (SSSR count). The maximum atomic E-state index is 12.1. The van der Waals surface area contributed by atoms with Crippen LogP contribution in [0.4, 0.5) is 0 Å². The molecule has 0 saturated carbocycles. The highest BCUT2D eigenvalue weighted by Gasteiger charge is 2.09. The summed E-state index contributed by atoms with van der Waals surface area (Å²) >= 11 is 0. The first-order chi connectivity index (χ1) is 11.4. The third kappa shape index (κ3) is 4.69. The summed E-state index contributed by atoms with van der Waals surface area (Å²) in [5.41, 5.74) is 4.42. The molecule has 0 aliphatic rings. The van der Waals surface area contributed by atoms with Crippen LogP contribution < -0.4 is 4.74 Å². The fraction of sp³-hybridized carbons (Fsp3) is 0.300. The number of carbonyl (C=O) groups excluding carboxylic acids is 1. The second-order valence-electron chi connectivity index (χ2n) is 6.05. The average Bonchev–Trinajstić information content (AvgIpc) is 2.55. The lowest BCUT2D eigenvalue weighted by Crippen LogP contribution is -2.07. The highest BCUT2D eigenvalue weighted by molar-refractivity contribution is 5.99. The summed E-state index contributed by atoms with van der Waals surface area (Å²) in [6.45, 7) is 9.81. The van der Waals surface area contributed by atoms with Crippen molar-refractivity contribution in [3.8, 4) is 5.75 Å². The van der Waals surface area contributed by atoms with E-state index in [-0.39, 0.29) is 6.10 Å². The molecule has 0 atom stereocenters. The van der Waals surface area contributed by atoms with Crippen LogP contribution in [0.1, 0.15) is 47.8 Å². The smallest absolute Gasteiger partial charge is 0.365 e. The van der Waals surface area contributed by atoms with E-state index in [0.717, 1.165) is 11.3 Å². The van der Waals surface area contributed by atoms with Crippen LogP contribution in [0.25, 0.3) is 0 Å². The van der Waals surface area contributed by atoms with E-state index in [2.05, 4.69) is 12.1 Å². The molecule has 0 spiro atoms. The summed E-state index contributed by atoms with van der Waals surface area (Å²) in [4.78, 5) is 17.1. The Morgan fingerprint density at radius 2 is 1.58 bits per heavy atom. The average molecular weight is 325 g/mol. The zero-order valence-electron chi connectivity index (χ0n) is 14.8. The fourth-order valence-electron chi connectivity index (χ4n) is 2.12. The van der Waals surface area contributed by atoms with E-state index in [4.69, 9.17) is 9.57 Å². The minimum atomic E-state index is -0.491. The second kappa shape index (κ2) is 7.77. The first-order valence-corrected chi connectivity index (χ1v) is 7.97. The van der Waals surface area contributed by atoms with Gasteiger partial charge in [-0.2, -0.15) is 0 Å². The Hall–Kier alpha value is -2.62. The van der Waals surface area contributed by atoms with Gasteiger partial charge in [0, 0.05) is 0 Å². The SMILES string of the molecule is CC(=NOC(=O)c1ccc(OC(C)C)cc1)c1ccc(C)c(C)c1. The van der Waals surface area contributed by atoms with E-state index < -0.39 is 5.97 Å². The standard InChI is InChI=1S/C20H23NO3/c1-13(2)23-19-10-8-17(9-11-19)20(22)24-21-16(5)18-7-6-14(3)15(4)12-18/h6-13H,1-5H3. The number of nitrogens with zero attached hydrogens (tertiary/aromatic N) is 1. The molecular weight excluding hydrogens is 302 g/mol. The van der Waals surface area contributed by atoms with Crippen LogP contribution in [-0.4, -0.2) is 17.8 Å². The topological polar surface area (TPSA) is 47.9 Å². The summed E-state index contributed by atoms with van der Waals surface area (Å²) < 4.78 is 5.55. The van der Waals surface area contributed by atoms with Crippen molar-refractivity contribution >= 4 is 11.7 Å². The third-order valence-corrected chi connectivity index (χ3v) is 3.65. The lowest BCUT2D eigenvalue weighted by Gasteiger charge is -2.09. The summed E-state index contributed by atoms with van der Waals surface area (Å²) in [5.74, 6) is 0.227. The van der Waals surface area contributed by atoms with Crippen LogP contribution in [0.3, 0.4) is 0 Å². The Morgan fingerprint density at radius 3 is 2.17 bits per heavy atom. The van der Waals surface area contributed by atoms with Gasteiger partial charge in [0.25, 0.3) is 0 Å². The summed E-state index contributed by atoms with van der Waals surface area (Å²) in [7, 11) is 0. The number of hydrogen-bond donors (Lipinski definition) is 0. The molecule has 0 N–H and O–H groups in total. The van der Waals surface area contributed by atoms with Crippen molar-refractivity contribution in [1.82, 2.24) is 0 Å². The number of ether oxygens (including phenoxy) is 1. The van der Waals surface area contributed by atoms with Gasteiger partial charge in [0.1, 0.15) is 5.75 Å². The molecule has 2 aromatic carbocycles. The molecule has 0 radical (unpaired) electrons. The van der Waals surface area contributed by atoms with Crippen molar-refractivity contribution in [2.24, 2.45) is 5.16 Å². The molecule has 0 unspecified atom stereocenters. The van der Waals surface area contributed by atoms with Gasteiger partial charge < -0.3 is 9.57 Å². The van der Waals surface area contributed by atoms with Crippen molar-refractivity contribution in [2.75, 3.05) is 0 Å². The maximum Gasteiger partial charge on any atom is 0.365 e. The van der Waals surface area contributed by atoms with Gasteiger partial charge in [0.2, 0.25) is 0 Å². The van der Waals surface area contributed by atoms with Crippen LogP contribution in [0.5, 0.6) is 5.75 Å². The number of benzene rings is 2. The van der Waals surface area contributed by atoms with E-state index in [1.807, 2.05) is 45.9 Å². The largest absolute Gasteiger partial charge is 0.491 e. The molecule has 4 nitrogen and oxygen atoms in total. The van der Waals surface area contributed by atoms with E-state index in [1.165, 1.54) is 11.1 Å². The normalized spacial score (nSPS) is 11.5. The molecule has 0 heterocycles. The molecule has 0 saturated heterocycles. The van der Waals surface area contributed by atoms with E-state index in [1.54, 1.807) is 24.3 Å². The number of oxime groups is 1. The fourth-order valence-corrected chi connectivity index (χ4v) is 2.12. The van der Waals surface area contributed by atoms with Crippen LogP contribution in [-0.2, 0) is 4.84 Å². The van der Waals surface area contributed by atoms with Gasteiger partial charge in [-0.15, -0.1) is 0 Å². The van der Waals surface area contributed by atoms with Crippen LogP contribution in [0.2, 0.25) is 0 Å². The van der Waals surface area contributed by atoms with Crippen molar-refractivity contribution < 1.29 is 14.4 Å². The Balaban J connectivity index is 2.04. The van der Waals surface area contributed by atoms with Crippen LogP contribution >= 0.6 is 0 Å². The number of carbonyl (C=O) groups is 1. The van der Waals surface area contributed by atoms with E-state index in [9.17, 15) is 4.79 Å². The summed E-state index contributed by atoms with van der Waals surface area (Å²) in [6, 6.07) is 12.8. The molecule has 0 aliphatic carbocycles. The van der Waals surface area contributed by atoms with E-state index in [0.29, 0.717) is 11.3 Å². The zero-order chi connectivity index (χ0) is 17.7. The Morgan fingerprint density at radius 1 is 0.958 bits per heavy atom. The summed E-state index contributed by atoms with van der Waals surface area (Å²) in [5, 5.41) is 3.95. The van der Waals surface area contributed by atoms with Gasteiger partial charge in [-0.3, -0.25) is 0 Å². The molecule has 4 heteroatoms. The van der Waals surface area contributed by atoms with Crippen molar-refractivity contribution in [1.29, 1.82) is 0 Å². The predicted molar refractivity (Wildman–Crippen MR) is 95.7 cm³/mol. The van der Waals surface area contributed by atoms with Gasteiger partial charge in [-0.1, -0.05) is 17.3 Å². The van der Waals surface area contributed by atoms with Gasteiger partial charge in [-0.25, -0.2) is 4.79 Å². The molecule has 126 valence electrons. The van der Waals surface area contributed by atoms with E-state index >= 15 is 0 Å². The number of aryl methyl sites for hydroxylation is 2. The molecule has 0 fully saturated rings. The molecule has 0 aromatic heterocycles. The molecule has 0 amide bonds. The van der Waals surface area contributed by atoms with Gasteiger partial charge in [0.05, 0.1) is 17.4 Å². The van der Waals surface area contributed by atoms with Crippen molar-refractivity contribution in [3.63, 3.8) is 0 Å². The quantitative estimate of drug-likeness (QED) is 0.456. The second-order valence-corrected chi connectivity index (χ2v) is 6.05. The summed E-state index contributed by atoms with van der Waals surface area (Å²) in [6.07, 6.45) is 0.0908. The molecule has 0 bridgehead atoms. The number of rotatable bonds is 5.